The molecular weight excluding hydrogens is 275 g/mol. The molecule has 86 valence electrons. The average molecular weight is 287 g/mol. The number of hydrogen-bond acceptors (Lipinski definition) is 2. The molecule has 3 nitrogen and oxygen atoms in total. The molecule has 0 saturated heterocycles. The van der Waals surface area contributed by atoms with Crippen molar-refractivity contribution in [2.45, 2.75) is 18.9 Å². The van der Waals surface area contributed by atoms with Gasteiger partial charge in [0.25, 0.3) is 0 Å². The Bertz CT molecular complexity index is 450. The maximum absolute atomic E-state index is 13.7. The molecule has 1 amide bonds. The zero-order chi connectivity index (χ0) is 11.9. The highest BCUT2D eigenvalue weighted by atomic mass is 79.9. The summed E-state index contributed by atoms with van der Waals surface area (Å²) in [6.07, 6.45) is 0.973. The summed E-state index contributed by atoms with van der Waals surface area (Å²) >= 11 is 3.22. The van der Waals surface area contributed by atoms with Crippen LogP contribution in [0.2, 0.25) is 0 Å². The van der Waals surface area contributed by atoms with Crippen molar-refractivity contribution in [2.75, 3.05) is 11.9 Å². The van der Waals surface area contributed by atoms with Gasteiger partial charge in [-0.05, 0) is 25.0 Å². The fraction of sp³-hybridized carbons (Fsp3) is 0.364. The summed E-state index contributed by atoms with van der Waals surface area (Å²) in [7, 11) is 1.62. The lowest BCUT2D eigenvalue weighted by atomic mass is 10.1. The van der Waals surface area contributed by atoms with Gasteiger partial charge in [0.15, 0.2) is 0 Å². The topological polar surface area (TPSA) is 46.3 Å². The largest absolute Gasteiger partial charge is 0.320 e. The molecule has 16 heavy (non-hydrogen) atoms. The lowest BCUT2D eigenvalue weighted by Crippen LogP contribution is -2.40. The van der Waals surface area contributed by atoms with Gasteiger partial charge in [0, 0.05) is 17.1 Å². The van der Waals surface area contributed by atoms with E-state index in [1.54, 1.807) is 13.1 Å². The van der Waals surface area contributed by atoms with Gasteiger partial charge in [0.2, 0.25) is 5.91 Å². The van der Waals surface area contributed by atoms with Crippen molar-refractivity contribution in [2.24, 2.45) is 5.73 Å². The first-order valence-electron chi connectivity index (χ1n) is 5.02. The Morgan fingerprint density at radius 2 is 2.25 bits per heavy atom. The van der Waals surface area contributed by atoms with Gasteiger partial charge in [0.05, 0.1) is 11.7 Å². The third-order valence-electron chi connectivity index (χ3n) is 2.85. The maximum Gasteiger partial charge on any atom is 0.243 e. The second-order valence-corrected chi connectivity index (χ2v) is 4.84. The van der Waals surface area contributed by atoms with Crippen LogP contribution in [0.5, 0.6) is 0 Å². The number of nitrogens with two attached hydrogens (primary N) is 1. The lowest BCUT2D eigenvalue weighted by Gasteiger charge is -2.19. The Balaban J connectivity index is 2.57. The minimum Gasteiger partial charge on any atom is -0.320 e. The zero-order valence-corrected chi connectivity index (χ0v) is 10.4. The maximum atomic E-state index is 13.7. The first-order valence-corrected chi connectivity index (χ1v) is 5.81. The summed E-state index contributed by atoms with van der Waals surface area (Å²) < 4.78 is 14.4. The SMILES string of the molecule is CN1C(=O)[C@@H](N)CCc2c(F)cc(Br)cc21. The highest BCUT2D eigenvalue weighted by Crippen LogP contribution is 2.31. The van der Waals surface area contributed by atoms with Crippen molar-refractivity contribution in [3.8, 4) is 0 Å². The number of carbonyl (C=O) groups is 1. The third kappa shape index (κ3) is 1.85. The second kappa shape index (κ2) is 4.14. The Hall–Kier alpha value is -0.940. The van der Waals surface area contributed by atoms with Crippen LogP contribution in [0, 0.1) is 5.82 Å². The van der Waals surface area contributed by atoms with E-state index in [4.69, 9.17) is 5.73 Å². The molecule has 1 aromatic carbocycles. The van der Waals surface area contributed by atoms with Crippen molar-refractivity contribution in [3.05, 3.63) is 28.0 Å². The number of nitrogens with zero attached hydrogens (tertiary/aromatic N) is 1. The molecule has 1 aliphatic heterocycles. The lowest BCUT2D eigenvalue weighted by molar-refractivity contribution is -0.119. The molecule has 1 heterocycles. The number of rotatable bonds is 0. The molecule has 1 atom stereocenters. The number of benzene rings is 1. The van der Waals surface area contributed by atoms with Crippen LogP contribution in [0.25, 0.3) is 0 Å². The van der Waals surface area contributed by atoms with Crippen LogP contribution in [0.3, 0.4) is 0 Å². The van der Waals surface area contributed by atoms with E-state index < -0.39 is 6.04 Å². The standard InChI is InChI=1S/C11H12BrFN2O/c1-15-10-5-6(12)4-8(13)7(10)2-3-9(14)11(15)16/h4-5,9H,2-3,14H2,1H3/t9-/m0/s1. The van der Waals surface area contributed by atoms with E-state index >= 15 is 0 Å². The summed E-state index contributed by atoms with van der Waals surface area (Å²) in [5.41, 5.74) is 6.87. The van der Waals surface area contributed by atoms with Gasteiger partial charge >= 0.3 is 0 Å². The third-order valence-corrected chi connectivity index (χ3v) is 3.31. The summed E-state index contributed by atoms with van der Waals surface area (Å²) in [6.45, 7) is 0. The molecule has 0 fully saturated rings. The highest BCUT2D eigenvalue weighted by Gasteiger charge is 2.27. The molecule has 0 aliphatic carbocycles. The van der Waals surface area contributed by atoms with E-state index in [0.29, 0.717) is 28.6 Å². The Morgan fingerprint density at radius 1 is 1.56 bits per heavy atom. The Labute approximate surface area is 102 Å². The molecule has 5 heteroatoms. The van der Waals surface area contributed by atoms with Gasteiger partial charge in [-0.2, -0.15) is 0 Å². The summed E-state index contributed by atoms with van der Waals surface area (Å²) in [6, 6.07) is 2.61. The van der Waals surface area contributed by atoms with Gasteiger partial charge in [-0.1, -0.05) is 15.9 Å². The fourth-order valence-electron chi connectivity index (χ4n) is 1.93. The smallest absolute Gasteiger partial charge is 0.243 e. The van der Waals surface area contributed by atoms with E-state index in [1.165, 1.54) is 11.0 Å². The van der Waals surface area contributed by atoms with E-state index in [0.717, 1.165) is 0 Å². The van der Waals surface area contributed by atoms with Crippen LogP contribution in [-0.4, -0.2) is 19.0 Å². The van der Waals surface area contributed by atoms with Crippen molar-refractivity contribution >= 4 is 27.5 Å². The van der Waals surface area contributed by atoms with Crippen LogP contribution in [0.4, 0.5) is 10.1 Å². The van der Waals surface area contributed by atoms with E-state index in [2.05, 4.69) is 15.9 Å². The molecular formula is C11H12BrFN2O. The Morgan fingerprint density at radius 3 is 2.94 bits per heavy atom. The van der Waals surface area contributed by atoms with Gasteiger partial charge in [0.1, 0.15) is 5.82 Å². The number of amides is 1. The van der Waals surface area contributed by atoms with Crippen LogP contribution in [-0.2, 0) is 11.2 Å². The van der Waals surface area contributed by atoms with Crippen LogP contribution >= 0.6 is 15.9 Å². The minimum absolute atomic E-state index is 0.170. The predicted molar refractivity (Wildman–Crippen MR) is 63.8 cm³/mol. The van der Waals surface area contributed by atoms with Crippen LogP contribution in [0.1, 0.15) is 12.0 Å². The van der Waals surface area contributed by atoms with Crippen molar-refractivity contribution in [3.63, 3.8) is 0 Å². The number of likely N-dealkylation sites (N-methyl/N-ethyl adjacent to an activating group) is 1. The van der Waals surface area contributed by atoms with E-state index in [9.17, 15) is 9.18 Å². The molecule has 0 unspecified atom stereocenters. The monoisotopic (exact) mass is 286 g/mol. The molecule has 1 aromatic rings. The number of fused-ring (bicyclic) bond motifs is 1. The number of carbonyl (C=O) groups excluding carboxylic acids is 1. The molecule has 0 bridgehead atoms. The minimum atomic E-state index is -0.546. The van der Waals surface area contributed by atoms with Crippen LogP contribution < -0.4 is 10.6 Å². The number of halogens is 2. The van der Waals surface area contributed by atoms with Crippen molar-refractivity contribution in [1.29, 1.82) is 0 Å². The highest BCUT2D eigenvalue weighted by molar-refractivity contribution is 9.10. The van der Waals surface area contributed by atoms with Gasteiger partial charge in [-0.3, -0.25) is 4.79 Å². The van der Waals surface area contributed by atoms with Crippen molar-refractivity contribution in [1.82, 2.24) is 0 Å². The molecule has 0 spiro atoms. The van der Waals surface area contributed by atoms with E-state index in [1.807, 2.05) is 0 Å². The normalized spacial score (nSPS) is 20.6. The fourth-order valence-corrected chi connectivity index (χ4v) is 2.35. The number of anilines is 1. The average Bonchev–Trinajstić information content (AvgIpc) is 2.32. The van der Waals surface area contributed by atoms with E-state index in [-0.39, 0.29) is 11.7 Å². The molecule has 1 aliphatic rings. The Kier molecular flexibility index (Phi) is 2.99. The summed E-state index contributed by atoms with van der Waals surface area (Å²) in [4.78, 5) is 13.2. The zero-order valence-electron chi connectivity index (χ0n) is 8.84. The first kappa shape index (κ1) is 11.5. The molecule has 2 rings (SSSR count). The van der Waals surface area contributed by atoms with Crippen molar-refractivity contribution < 1.29 is 9.18 Å². The molecule has 0 aromatic heterocycles. The predicted octanol–water partition coefficient (Wildman–Crippen LogP) is 1.82. The molecule has 2 N–H and O–H groups in total. The first-order chi connectivity index (χ1) is 7.50. The summed E-state index contributed by atoms with van der Waals surface area (Å²) in [5, 5.41) is 0. The van der Waals surface area contributed by atoms with Gasteiger partial charge < -0.3 is 10.6 Å². The van der Waals surface area contributed by atoms with Crippen LogP contribution in [0.15, 0.2) is 16.6 Å². The van der Waals surface area contributed by atoms with Gasteiger partial charge in [-0.15, -0.1) is 0 Å². The number of hydrogen-bond donors (Lipinski definition) is 1. The second-order valence-electron chi connectivity index (χ2n) is 3.93. The molecule has 0 radical (unpaired) electrons. The molecule has 0 saturated carbocycles. The summed E-state index contributed by atoms with van der Waals surface area (Å²) in [5.74, 6) is -0.464. The van der Waals surface area contributed by atoms with Gasteiger partial charge in [-0.25, -0.2) is 4.39 Å². The quantitative estimate of drug-likeness (QED) is 0.791.